The Balaban J connectivity index is 1.63. The zero-order valence-electron chi connectivity index (χ0n) is 11.2. The van der Waals surface area contributed by atoms with Gasteiger partial charge in [0, 0.05) is 25.3 Å². The second-order valence-electron chi connectivity index (χ2n) is 5.84. The second kappa shape index (κ2) is 5.31. The van der Waals surface area contributed by atoms with Crippen molar-refractivity contribution in [2.24, 2.45) is 11.7 Å². The summed E-state index contributed by atoms with van der Waals surface area (Å²) in [7, 11) is 0. The summed E-state index contributed by atoms with van der Waals surface area (Å²) in [5.41, 5.74) is 9.94. The molecule has 1 aromatic carbocycles. The maximum atomic E-state index is 5.71. The largest absolute Gasteiger partial charge is 0.371 e. The number of fused-ring (bicyclic) bond motifs is 1. The first-order valence-electron chi connectivity index (χ1n) is 7.43. The fraction of sp³-hybridized carbons (Fsp3) is 0.625. The lowest BCUT2D eigenvalue weighted by Crippen LogP contribution is -2.23. The van der Waals surface area contributed by atoms with Crippen molar-refractivity contribution in [3.63, 3.8) is 0 Å². The molecule has 1 fully saturated rings. The number of rotatable bonds is 4. The van der Waals surface area contributed by atoms with Gasteiger partial charge in [0.1, 0.15) is 0 Å². The SMILES string of the molecule is NCc1ccc2c(c1)CCN2CCC1CCCC1. The highest BCUT2D eigenvalue weighted by Crippen LogP contribution is 2.32. The lowest BCUT2D eigenvalue weighted by atomic mass is 10.0. The predicted molar refractivity (Wildman–Crippen MR) is 76.8 cm³/mol. The number of nitrogens with two attached hydrogens (primary N) is 1. The average Bonchev–Trinajstić information content (AvgIpc) is 3.05. The van der Waals surface area contributed by atoms with E-state index in [1.54, 1.807) is 0 Å². The van der Waals surface area contributed by atoms with Crippen molar-refractivity contribution in [2.45, 2.75) is 45.1 Å². The Bertz CT molecular complexity index is 408. The summed E-state index contributed by atoms with van der Waals surface area (Å²) in [6, 6.07) is 6.76. The van der Waals surface area contributed by atoms with E-state index in [1.807, 2.05) is 0 Å². The zero-order chi connectivity index (χ0) is 12.4. The standard InChI is InChI=1S/C16H24N2/c17-12-14-5-6-16-15(11-14)8-10-18(16)9-7-13-3-1-2-4-13/h5-6,11,13H,1-4,7-10,12,17H2. The van der Waals surface area contributed by atoms with Gasteiger partial charge < -0.3 is 10.6 Å². The van der Waals surface area contributed by atoms with E-state index in [4.69, 9.17) is 5.73 Å². The molecule has 0 amide bonds. The molecule has 0 spiro atoms. The van der Waals surface area contributed by atoms with E-state index in [9.17, 15) is 0 Å². The minimum absolute atomic E-state index is 0.662. The zero-order valence-corrected chi connectivity index (χ0v) is 11.2. The third-order valence-electron chi connectivity index (χ3n) is 4.65. The highest BCUT2D eigenvalue weighted by Gasteiger charge is 2.21. The van der Waals surface area contributed by atoms with E-state index < -0.39 is 0 Å². The molecule has 0 saturated heterocycles. The van der Waals surface area contributed by atoms with Crippen LogP contribution in [-0.4, -0.2) is 13.1 Å². The monoisotopic (exact) mass is 244 g/mol. The Labute approximate surface area is 110 Å². The van der Waals surface area contributed by atoms with Gasteiger partial charge >= 0.3 is 0 Å². The van der Waals surface area contributed by atoms with Crippen molar-refractivity contribution in [3.05, 3.63) is 29.3 Å². The van der Waals surface area contributed by atoms with Crippen molar-refractivity contribution in [1.29, 1.82) is 0 Å². The van der Waals surface area contributed by atoms with Crippen molar-refractivity contribution >= 4 is 5.69 Å². The molecule has 1 saturated carbocycles. The third kappa shape index (κ3) is 2.39. The van der Waals surface area contributed by atoms with Crippen molar-refractivity contribution in [2.75, 3.05) is 18.0 Å². The number of hydrogen-bond donors (Lipinski definition) is 1. The molecule has 3 rings (SSSR count). The van der Waals surface area contributed by atoms with Crippen LogP contribution in [0.25, 0.3) is 0 Å². The molecule has 0 atom stereocenters. The fourth-order valence-electron chi connectivity index (χ4n) is 3.52. The van der Waals surface area contributed by atoms with Crippen molar-refractivity contribution < 1.29 is 0 Å². The smallest absolute Gasteiger partial charge is 0.0399 e. The maximum absolute atomic E-state index is 5.71. The highest BCUT2D eigenvalue weighted by atomic mass is 15.1. The van der Waals surface area contributed by atoms with Gasteiger partial charge in [0.25, 0.3) is 0 Å². The summed E-state index contributed by atoms with van der Waals surface area (Å²) in [5, 5.41) is 0. The highest BCUT2D eigenvalue weighted by molar-refractivity contribution is 5.59. The molecule has 2 N–H and O–H groups in total. The van der Waals surface area contributed by atoms with Crippen LogP contribution in [-0.2, 0) is 13.0 Å². The molecule has 2 nitrogen and oxygen atoms in total. The summed E-state index contributed by atoms with van der Waals surface area (Å²) in [5.74, 6) is 0.998. The normalized spacial score (nSPS) is 19.5. The van der Waals surface area contributed by atoms with Gasteiger partial charge in [-0.3, -0.25) is 0 Å². The third-order valence-corrected chi connectivity index (χ3v) is 4.65. The minimum atomic E-state index is 0.662. The summed E-state index contributed by atoms with van der Waals surface area (Å²) in [6.07, 6.45) is 8.44. The van der Waals surface area contributed by atoms with E-state index in [0.717, 1.165) is 5.92 Å². The van der Waals surface area contributed by atoms with E-state index in [0.29, 0.717) is 6.54 Å². The van der Waals surface area contributed by atoms with Crippen LogP contribution in [0.2, 0.25) is 0 Å². The number of anilines is 1. The van der Waals surface area contributed by atoms with E-state index >= 15 is 0 Å². The lowest BCUT2D eigenvalue weighted by molar-refractivity contribution is 0.502. The van der Waals surface area contributed by atoms with Gasteiger partial charge in [-0.1, -0.05) is 37.8 Å². The van der Waals surface area contributed by atoms with Gasteiger partial charge in [0.15, 0.2) is 0 Å². The van der Waals surface area contributed by atoms with Gasteiger partial charge in [0.2, 0.25) is 0 Å². The Hall–Kier alpha value is -1.02. The van der Waals surface area contributed by atoms with Crippen molar-refractivity contribution in [1.82, 2.24) is 0 Å². The molecule has 0 radical (unpaired) electrons. The molecule has 1 aliphatic carbocycles. The Morgan fingerprint density at radius 2 is 2.06 bits per heavy atom. The Morgan fingerprint density at radius 3 is 2.83 bits per heavy atom. The fourth-order valence-corrected chi connectivity index (χ4v) is 3.52. The number of nitrogens with zero attached hydrogens (tertiary/aromatic N) is 1. The van der Waals surface area contributed by atoms with Gasteiger partial charge in [-0.2, -0.15) is 0 Å². The summed E-state index contributed by atoms with van der Waals surface area (Å²) >= 11 is 0. The van der Waals surface area contributed by atoms with Gasteiger partial charge in [0.05, 0.1) is 0 Å². The Kier molecular flexibility index (Phi) is 3.55. The van der Waals surface area contributed by atoms with Crippen LogP contribution in [0.5, 0.6) is 0 Å². The molecule has 0 bridgehead atoms. The molecular weight excluding hydrogens is 220 g/mol. The predicted octanol–water partition coefficient (Wildman–Crippen LogP) is 3.09. The molecule has 1 heterocycles. The average molecular weight is 244 g/mol. The molecular formula is C16H24N2. The van der Waals surface area contributed by atoms with Crippen LogP contribution in [0, 0.1) is 5.92 Å². The van der Waals surface area contributed by atoms with Crippen molar-refractivity contribution in [3.8, 4) is 0 Å². The van der Waals surface area contributed by atoms with Crippen LogP contribution in [0.15, 0.2) is 18.2 Å². The molecule has 18 heavy (non-hydrogen) atoms. The van der Waals surface area contributed by atoms with Crippen LogP contribution >= 0.6 is 0 Å². The summed E-state index contributed by atoms with van der Waals surface area (Å²) < 4.78 is 0. The molecule has 2 heteroatoms. The number of hydrogen-bond acceptors (Lipinski definition) is 2. The molecule has 1 aliphatic heterocycles. The second-order valence-corrected chi connectivity index (χ2v) is 5.84. The first kappa shape index (κ1) is 12.0. The van der Waals surface area contributed by atoms with Crippen LogP contribution in [0.4, 0.5) is 5.69 Å². The van der Waals surface area contributed by atoms with Crippen LogP contribution in [0.1, 0.15) is 43.2 Å². The van der Waals surface area contributed by atoms with Gasteiger partial charge in [-0.25, -0.2) is 0 Å². The van der Waals surface area contributed by atoms with E-state index in [2.05, 4.69) is 23.1 Å². The molecule has 2 aliphatic rings. The first-order valence-corrected chi connectivity index (χ1v) is 7.43. The van der Waals surface area contributed by atoms with E-state index in [1.165, 1.54) is 68.4 Å². The molecule has 98 valence electrons. The minimum Gasteiger partial charge on any atom is -0.371 e. The quantitative estimate of drug-likeness (QED) is 0.882. The topological polar surface area (TPSA) is 29.3 Å². The van der Waals surface area contributed by atoms with Gasteiger partial charge in [-0.15, -0.1) is 0 Å². The molecule has 0 unspecified atom stereocenters. The van der Waals surface area contributed by atoms with Crippen LogP contribution in [0.3, 0.4) is 0 Å². The molecule has 0 aromatic heterocycles. The van der Waals surface area contributed by atoms with E-state index in [-0.39, 0.29) is 0 Å². The number of benzene rings is 1. The summed E-state index contributed by atoms with van der Waals surface area (Å²) in [6.45, 7) is 3.12. The molecule has 1 aromatic rings. The lowest BCUT2D eigenvalue weighted by Gasteiger charge is -2.21. The van der Waals surface area contributed by atoms with Crippen LogP contribution < -0.4 is 10.6 Å². The Morgan fingerprint density at radius 1 is 1.22 bits per heavy atom. The first-order chi connectivity index (χ1) is 8.86. The summed E-state index contributed by atoms with van der Waals surface area (Å²) in [4.78, 5) is 2.58. The van der Waals surface area contributed by atoms with Gasteiger partial charge in [-0.05, 0) is 36.0 Å². The maximum Gasteiger partial charge on any atom is 0.0399 e.